The molecule has 1 amide bonds. The zero-order valence-corrected chi connectivity index (χ0v) is 13.0. The Kier molecular flexibility index (Phi) is 5.43. The molecule has 0 N–H and O–H groups in total. The highest BCUT2D eigenvalue weighted by Crippen LogP contribution is 2.23. The lowest BCUT2D eigenvalue weighted by Gasteiger charge is -2.28. The second-order valence-corrected chi connectivity index (χ2v) is 8.06. The largest absolute Gasteiger partial charge is 0.381 e. The average Bonchev–Trinajstić information content (AvgIpc) is 2.78. The molecule has 0 aromatic heterocycles. The van der Waals surface area contributed by atoms with E-state index in [0.717, 1.165) is 32.5 Å². The Bertz CT molecular complexity index is 428. The Hall–Kier alpha value is -0.620. The minimum atomic E-state index is -2.93. The van der Waals surface area contributed by atoms with Gasteiger partial charge >= 0.3 is 0 Å². The first-order chi connectivity index (χ1) is 9.52. The van der Waals surface area contributed by atoms with Crippen LogP contribution in [0, 0.1) is 5.92 Å². The van der Waals surface area contributed by atoms with Gasteiger partial charge in [0.1, 0.15) is 0 Å². The van der Waals surface area contributed by atoms with Crippen LogP contribution in [-0.2, 0) is 19.4 Å². The number of carbonyl (C=O) groups excluding carboxylic acids is 1. The van der Waals surface area contributed by atoms with Gasteiger partial charge in [-0.15, -0.1) is 0 Å². The highest BCUT2D eigenvalue weighted by molar-refractivity contribution is 7.91. The minimum absolute atomic E-state index is 0.104. The molecular weight excluding hydrogens is 278 g/mol. The van der Waals surface area contributed by atoms with E-state index in [1.165, 1.54) is 0 Å². The van der Waals surface area contributed by atoms with Crippen molar-refractivity contribution in [2.75, 3.05) is 31.3 Å². The first-order valence-corrected chi connectivity index (χ1v) is 9.41. The van der Waals surface area contributed by atoms with Crippen molar-refractivity contribution in [1.29, 1.82) is 0 Å². The van der Waals surface area contributed by atoms with Crippen LogP contribution in [-0.4, -0.2) is 56.5 Å². The van der Waals surface area contributed by atoms with Crippen molar-refractivity contribution < 1.29 is 17.9 Å². The van der Waals surface area contributed by atoms with Gasteiger partial charge < -0.3 is 9.64 Å². The van der Waals surface area contributed by atoms with Gasteiger partial charge in [-0.3, -0.25) is 4.79 Å². The molecular formula is C14H25NO4S. The van der Waals surface area contributed by atoms with Crippen molar-refractivity contribution in [2.24, 2.45) is 5.92 Å². The number of ether oxygens (including phenoxy) is 1. The van der Waals surface area contributed by atoms with E-state index in [9.17, 15) is 13.2 Å². The van der Waals surface area contributed by atoms with Crippen LogP contribution in [0.25, 0.3) is 0 Å². The van der Waals surface area contributed by atoms with E-state index in [4.69, 9.17) is 4.74 Å². The summed E-state index contributed by atoms with van der Waals surface area (Å²) in [6, 6.07) is -0.104. The maximum Gasteiger partial charge on any atom is 0.222 e. The topological polar surface area (TPSA) is 63.7 Å². The average molecular weight is 303 g/mol. The molecule has 0 radical (unpaired) electrons. The molecule has 20 heavy (non-hydrogen) atoms. The number of rotatable bonds is 5. The smallest absolute Gasteiger partial charge is 0.222 e. The van der Waals surface area contributed by atoms with Gasteiger partial charge in [-0.25, -0.2) is 8.42 Å². The third kappa shape index (κ3) is 4.19. The number of amides is 1. The van der Waals surface area contributed by atoms with E-state index < -0.39 is 9.84 Å². The van der Waals surface area contributed by atoms with Crippen LogP contribution in [0.1, 0.15) is 39.0 Å². The number of hydrogen-bond acceptors (Lipinski definition) is 4. The van der Waals surface area contributed by atoms with Crippen molar-refractivity contribution in [3.05, 3.63) is 0 Å². The molecule has 2 fully saturated rings. The molecule has 1 unspecified atom stereocenters. The van der Waals surface area contributed by atoms with E-state index in [2.05, 4.69) is 0 Å². The van der Waals surface area contributed by atoms with Gasteiger partial charge in [-0.1, -0.05) is 0 Å². The maximum atomic E-state index is 12.3. The van der Waals surface area contributed by atoms with E-state index in [-0.39, 0.29) is 23.5 Å². The first kappa shape index (κ1) is 15.8. The van der Waals surface area contributed by atoms with Crippen molar-refractivity contribution in [2.45, 2.75) is 45.1 Å². The molecule has 0 aliphatic carbocycles. The van der Waals surface area contributed by atoms with Gasteiger partial charge in [0.15, 0.2) is 9.84 Å². The molecule has 6 heteroatoms. The van der Waals surface area contributed by atoms with Crippen LogP contribution < -0.4 is 0 Å². The summed E-state index contributed by atoms with van der Waals surface area (Å²) >= 11 is 0. The lowest BCUT2D eigenvalue weighted by molar-refractivity contribution is -0.133. The molecule has 0 saturated carbocycles. The molecule has 2 saturated heterocycles. The molecule has 2 aliphatic heterocycles. The summed E-state index contributed by atoms with van der Waals surface area (Å²) in [6.07, 6.45) is 4.11. The molecule has 5 nitrogen and oxygen atoms in total. The second-order valence-electron chi connectivity index (χ2n) is 5.83. The lowest BCUT2D eigenvalue weighted by Crippen LogP contribution is -2.41. The van der Waals surface area contributed by atoms with E-state index in [0.29, 0.717) is 25.3 Å². The fourth-order valence-corrected chi connectivity index (χ4v) is 4.90. The fourth-order valence-electron chi connectivity index (χ4n) is 3.17. The molecule has 116 valence electrons. The molecule has 1 atom stereocenters. The summed E-state index contributed by atoms with van der Waals surface area (Å²) in [5, 5.41) is 0. The number of hydrogen-bond donors (Lipinski definition) is 0. The Morgan fingerprint density at radius 1 is 1.25 bits per heavy atom. The molecule has 0 spiro atoms. The summed E-state index contributed by atoms with van der Waals surface area (Å²) in [6.45, 7) is 4.14. The summed E-state index contributed by atoms with van der Waals surface area (Å²) < 4.78 is 28.4. The quantitative estimate of drug-likeness (QED) is 0.766. The SMILES string of the molecule is CCN(C(=O)CCC1CCOCC1)C1CCS(=O)(=O)C1. The Labute approximate surface area is 121 Å². The summed E-state index contributed by atoms with van der Waals surface area (Å²) in [5.41, 5.74) is 0. The number of sulfone groups is 1. The van der Waals surface area contributed by atoms with Crippen molar-refractivity contribution >= 4 is 15.7 Å². The molecule has 2 aliphatic rings. The van der Waals surface area contributed by atoms with Crippen LogP contribution >= 0.6 is 0 Å². The third-order valence-corrected chi connectivity index (χ3v) is 6.17. The van der Waals surface area contributed by atoms with Gasteiger partial charge in [0, 0.05) is 32.2 Å². The molecule has 0 aromatic carbocycles. The Balaban J connectivity index is 1.82. The predicted octanol–water partition coefficient (Wildman–Crippen LogP) is 1.23. The number of nitrogens with zero attached hydrogens (tertiary/aromatic N) is 1. The summed E-state index contributed by atoms with van der Waals surface area (Å²) in [5.74, 6) is 1.06. The Morgan fingerprint density at radius 3 is 2.50 bits per heavy atom. The van der Waals surface area contributed by atoms with E-state index >= 15 is 0 Å². The van der Waals surface area contributed by atoms with Gasteiger partial charge in [0.05, 0.1) is 11.5 Å². The maximum absolute atomic E-state index is 12.3. The molecule has 0 aromatic rings. The van der Waals surface area contributed by atoms with E-state index in [1.807, 2.05) is 6.92 Å². The van der Waals surface area contributed by atoms with Gasteiger partial charge in [0.2, 0.25) is 5.91 Å². The summed E-state index contributed by atoms with van der Waals surface area (Å²) in [7, 11) is -2.93. The van der Waals surface area contributed by atoms with Crippen molar-refractivity contribution in [3.63, 3.8) is 0 Å². The predicted molar refractivity (Wildman–Crippen MR) is 77.2 cm³/mol. The van der Waals surface area contributed by atoms with Crippen LogP contribution in [0.5, 0.6) is 0 Å². The number of carbonyl (C=O) groups is 1. The normalized spacial score (nSPS) is 26.6. The monoisotopic (exact) mass is 303 g/mol. The van der Waals surface area contributed by atoms with Crippen molar-refractivity contribution in [1.82, 2.24) is 4.90 Å². The Morgan fingerprint density at radius 2 is 1.95 bits per heavy atom. The van der Waals surface area contributed by atoms with Crippen LogP contribution in [0.3, 0.4) is 0 Å². The van der Waals surface area contributed by atoms with Gasteiger partial charge in [0.25, 0.3) is 0 Å². The first-order valence-electron chi connectivity index (χ1n) is 7.59. The zero-order chi connectivity index (χ0) is 14.6. The highest BCUT2D eigenvalue weighted by Gasteiger charge is 2.33. The third-order valence-electron chi connectivity index (χ3n) is 4.42. The second kappa shape index (κ2) is 6.89. The fraction of sp³-hybridized carbons (Fsp3) is 0.929. The van der Waals surface area contributed by atoms with Gasteiger partial charge in [-0.2, -0.15) is 0 Å². The lowest BCUT2D eigenvalue weighted by atomic mass is 9.94. The minimum Gasteiger partial charge on any atom is -0.381 e. The van der Waals surface area contributed by atoms with Gasteiger partial charge in [-0.05, 0) is 38.5 Å². The summed E-state index contributed by atoms with van der Waals surface area (Å²) in [4.78, 5) is 14.1. The van der Waals surface area contributed by atoms with Crippen LogP contribution in [0.15, 0.2) is 0 Å². The van der Waals surface area contributed by atoms with E-state index in [1.54, 1.807) is 4.90 Å². The zero-order valence-electron chi connectivity index (χ0n) is 12.2. The molecule has 2 rings (SSSR count). The molecule has 0 bridgehead atoms. The standard InChI is InChI=1S/C14H25NO4S/c1-2-15(13-7-10-20(17,18)11-13)14(16)4-3-12-5-8-19-9-6-12/h12-13H,2-11H2,1H3. The van der Waals surface area contributed by atoms with Crippen LogP contribution in [0.4, 0.5) is 0 Å². The van der Waals surface area contributed by atoms with Crippen LogP contribution in [0.2, 0.25) is 0 Å². The molecule has 2 heterocycles. The highest BCUT2D eigenvalue weighted by atomic mass is 32.2. The van der Waals surface area contributed by atoms with Crippen molar-refractivity contribution in [3.8, 4) is 0 Å².